The van der Waals surface area contributed by atoms with Crippen LogP contribution in [0.2, 0.25) is 0 Å². The van der Waals surface area contributed by atoms with Crippen LogP contribution in [0.5, 0.6) is 11.5 Å². The van der Waals surface area contributed by atoms with Gasteiger partial charge in [-0.25, -0.2) is 4.98 Å². The van der Waals surface area contributed by atoms with E-state index in [1.165, 1.54) is 15.3 Å². The summed E-state index contributed by atoms with van der Waals surface area (Å²) in [5.41, 5.74) is 2.29. The number of ether oxygens (including phenoxy) is 2. The summed E-state index contributed by atoms with van der Waals surface area (Å²) >= 11 is 1.78. The number of carbonyl (C=O) groups excluding carboxylic acids is 1. The fourth-order valence-corrected chi connectivity index (χ4v) is 6.50. The minimum atomic E-state index is 0.241. The van der Waals surface area contributed by atoms with Gasteiger partial charge in [-0.3, -0.25) is 9.69 Å². The third kappa shape index (κ3) is 4.20. The highest BCUT2D eigenvalue weighted by molar-refractivity contribution is 7.18. The topological polar surface area (TPSA) is 54.9 Å². The standard InChI is InChI=1S/C26H29N3O3S/c30-25(29-12-3-5-19(16-29)26-27-20-6-1-2-8-24(20)33-26)17-28-11-4-7-21(28)18-9-10-22-23(15-18)32-14-13-31-22/h1-2,6,8-10,15,19,21H,3-5,7,11-14,16-17H2. The summed E-state index contributed by atoms with van der Waals surface area (Å²) in [6.07, 6.45) is 4.33. The molecule has 0 bridgehead atoms. The second kappa shape index (κ2) is 8.95. The number of hydrogen-bond donors (Lipinski definition) is 0. The molecule has 0 spiro atoms. The Bertz CT molecular complexity index is 1130. The number of para-hydroxylation sites is 1. The first kappa shape index (κ1) is 20.9. The molecular weight excluding hydrogens is 434 g/mol. The zero-order valence-corrected chi connectivity index (χ0v) is 19.6. The van der Waals surface area contributed by atoms with Crippen LogP contribution in [-0.4, -0.2) is 60.1 Å². The van der Waals surface area contributed by atoms with Crippen LogP contribution in [-0.2, 0) is 4.79 Å². The van der Waals surface area contributed by atoms with Crippen molar-refractivity contribution in [1.82, 2.24) is 14.8 Å². The number of carbonyl (C=O) groups is 1. The highest BCUT2D eigenvalue weighted by Crippen LogP contribution is 2.38. The van der Waals surface area contributed by atoms with Gasteiger partial charge in [0.15, 0.2) is 11.5 Å². The second-order valence-electron chi connectivity index (χ2n) is 9.23. The van der Waals surface area contributed by atoms with Crippen LogP contribution < -0.4 is 9.47 Å². The number of hydrogen-bond acceptors (Lipinski definition) is 6. The van der Waals surface area contributed by atoms with Crippen molar-refractivity contribution >= 4 is 27.5 Å². The third-order valence-corrected chi connectivity index (χ3v) is 8.29. The predicted octanol–water partition coefficient (Wildman–Crippen LogP) is 4.61. The van der Waals surface area contributed by atoms with Crippen LogP contribution in [0.15, 0.2) is 42.5 Å². The Hall–Kier alpha value is -2.64. The molecule has 0 aliphatic carbocycles. The number of likely N-dealkylation sites (tertiary alicyclic amines) is 2. The maximum Gasteiger partial charge on any atom is 0.236 e. The van der Waals surface area contributed by atoms with Gasteiger partial charge in [0.25, 0.3) is 0 Å². The lowest BCUT2D eigenvalue weighted by Gasteiger charge is -2.34. The van der Waals surface area contributed by atoms with E-state index < -0.39 is 0 Å². The Morgan fingerprint density at radius 1 is 1.03 bits per heavy atom. The van der Waals surface area contributed by atoms with E-state index in [2.05, 4.69) is 40.1 Å². The molecule has 6 nitrogen and oxygen atoms in total. The van der Waals surface area contributed by atoms with E-state index in [9.17, 15) is 4.79 Å². The van der Waals surface area contributed by atoms with Gasteiger partial charge < -0.3 is 14.4 Å². The smallest absolute Gasteiger partial charge is 0.236 e. The number of rotatable bonds is 4. The van der Waals surface area contributed by atoms with E-state index in [4.69, 9.17) is 14.5 Å². The van der Waals surface area contributed by atoms with Crippen molar-refractivity contribution in [2.45, 2.75) is 37.6 Å². The van der Waals surface area contributed by atoms with E-state index in [0.717, 1.165) is 62.3 Å². The number of nitrogens with zero attached hydrogens (tertiary/aromatic N) is 3. The minimum absolute atomic E-state index is 0.241. The Labute approximate surface area is 198 Å². The number of aromatic nitrogens is 1. The monoisotopic (exact) mass is 463 g/mol. The van der Waals surface area contributed by atoms with Gasteiger partial charge in [-0.2, -0.15) is 0 Å². The SMILES string of the molecule is O=C(CN1CCCC1c1ccc2c(c1)OCCO2)N1CCCC(c2nc3ccccc3s2)C1. The number of thiazole rings is 1. The summed E-state index contributed by atoms with van der Waals surface area (Å²) < 4.78 is 12.7. The molecule has 3 aliphatic rings. The molecule has 3 aliphatic heterocycles. The predicted molar refractivity (Wildman–Crippen MR) is 129 cm³/mol. The van der Waals surface area contributed by atoms with E-state index in [1.807, 2.05) is 12.1 Å². The van der Waals surface area contributed by atoms with E-state index in [0.29, 0.717) is 25.7 Å². The third-order valence-electron chi connectivity index (χ3n) is 7.09. The molecule has 2 saturated heterocycles. The van der Waals surface area contributed by atoms with Crippen LogP contribution in [0.1, 0.15) is 48.2 Å². The molecular formula is C26H29N3O3S. The highest BCUT2D eigenvalue weighted by Gasteiger charge is 2.32. The van der Waals surface area contributed by atoms with Gasteiger partial charge in [-0.15, -0.1) is 11.3 Å². The first-order valence-electron chi connectivity index (χ1n) is 12.0. The summed E-state index contributed by atoms with van der Waals surface area (Å²) in [6.45, 7) is 4.26. The average Bonchev–Trinajstić information content (AvgIpc) is 3.51. The number of benzene rings is 2. The highest BCUT2D eigenvalue weighted by atomic mass is 32.1. The van der Waals surface area contributed by atoms with Crippen molar-refractivity contribution in [1.29, 1.82) is 0 Å². The van der Waals surface area contributed by atoms with Crippen molar-refractivity contribution in [3.8, 4) is 11.5 Å². The van der Waals surface area contributed by atoms with Crippen molar-refractivity contribution in [3.05, 3.63) is 53.0 Å². The minimum Gasteiger partial charge on any atom is -0.486 e. The zero-order chi connectivity index (χ0) is 22.2. The first-order valence-corrected chi connectivity index (χ1v) is 12.8. The molecule has 0 radical (unpaired) electrons. The van der Waals surface area contributed by atoms with Crippen LogP contribution in [0.25, 0.3) is 10.2 Å². The molecule has 2 aromatic carbocycles. The largest absolute Gasteiger partial charge is 0.486 e. The van der Waals surface area contributed by atoms with Crippen LogP contribution in [0.3, 0.4) is 0 Å². The molecule has 3 aromatic rings. The summed E-state index contributed by atoms with van der Waals surface area (Å²) in [4.78, 5) is 22.6. The van der Waals surface area contributed by atoms with Crippen molar-refractivity contribution in [2.24, 2.45) is 0 Å². The number of fused-ring (bicyclic) bond motifs is 2. The van der Waals surface area contributed by atoms with Gasteiger partial charge >= 0.3 is 0 Å². The lowest BCUT2D eigenvalue weighted by molar-refractivity contribution is -0.133. The normalized spacial score (nSPS) is 23.2. The van der Waals surface area contributed by atoms with E-state index in [-0.39, 0.29) is 11.9 Å². The maximum absolute atomic E-state index is 13.3. The van der Waals surface area contributed by atoms with Crippen LogP contribution in [0.4, 0.5) is 0 Å². The molecule has 7 heteroatoms. The molecule has 2 unspecified atom stereocenters. The maximum atomic E-state index is 13.3. The molecule has 172 valence electrons. The van der Waals surface area contributed by atoms with Crippen LogP contribution in [0, 0.1) is 0 Å². The molecule has 2 fully saturated rings. The van der Waals surface area contributed by atoms with Gasteiger partial charge in [0.1, 0.15) is 13.2 Å². The fraction of sp³-hybridized carbons (Fsp3) is 0.462. The zero-order valence-electron chi connectivity index (χ0n) is 18.7. The lowest BCUT2D eigenvalue weighted by Crippen LogP contribution is -2.44. The molecule has 6 rings (SSSR count). The Morgan fingerprint density at radius 3 is 2.79 bits per heavy atom. The summed E-state index contributed by atoms with van der Waals surface area (Å²) in [5.74, 6) is 2.23. The van der Waals surface area contributed by atoms with Crippen molar-refractivity contribution in [2.75, 3.05) is 39.4 Å². The number of piperidine rings is 1. The van der Waals surface area contributed by atoms with E-state index in [1.54, 1.807) is 11.3 Å². The summed E-state index contributed by atoms with van der Waals surface area (Å²) in [7, 11) is 0. The molecule has 0 saturated carbocycles. The lowest BCUT2D eigenvalue weighted by atomic mass is 9.98. The van der Waals surface area contributed by atoms with Crippen LogP contribution >= 0.6 is 11.3 Å². The summed E-state index contributed by atoms with van der Waals surface area (Å²) in [5, 5.41) is 1.17. The van der Waals surface area contributed by atoms with Gasteiger partial charge in [0.2, 0.25) is 5.91 Å². The molecule has 1 amide bonds. The molecule has 2 atom stereocenters. The molecule has 0 N–H and O–H groups in total. The van der Waals surface area contributed by atoms with Gasteiger partial charge in [0.05, 0.1) is 21.8 Å². The Kier molecular flexibility index (Phi) is 5.68. The first-order chi connectivity index (χ1) is 16.2. The second-order valence-corrected chi connectivity index (χ2v) is 10.3. The fourth-order valence-electron chi connectivity index (χ4n) is 5.40. The van der Waals surface area contributed by atoms with E-state index >= 15 is 0 Å². The number of amides is 1. The van der Waals surface area contributed by atoms with Gasteiger partial charge in [-0.1, -0.05) is 18.2 Å². The molecule has 1 aromatic heterocycles. The van der Waals surface area contributed by atoms with Gasteiger partial charge in [-0.05, 0) is 62.1 Å². The summed E-state index contributed by atoms with van der Waals surface area (Å²) in [6, 6.07) is 14.8. The Balaban J connectivity index is 1.13. The molecule has 33 heavy (non-hydrogen) atoms. The quantitative estimate of drug-likeness (QED) is 0.566. The average molecular weight is 464 g/mol. The molecule has 4 heterocycles. The van der Waals surface area contributed by atoms with Crippen molar-refractivity contribution in [3.63, 3.8) is 0 Å². The van der Waals surface area contributed by atoms with Crippen molar-refractivity contribution < 1.29 is 14.3 Å². The van der Waals surface area contributed by atoms with Gasteiger partial charge in [0, 0.05) is 25.0 Å². The Morgan fingerprint density at radius 2 is 1.88 bits per heavy atom.